The van der Waals surface area contributed by atoms with Crippen molar-refractivity contribution in [2.45, 2.75) is 32.4 Å². The van der Waals surface area contributed by atoms with Crippen molar-refractivity contribution in [1.82, 2.24) is 15.2 Å². The second-order valence-electron chi connectivity index (χ2n) is 5.65. The van der Waals surface area contributed by atoms with Gasteiger partial charge in [-0.15, -0.1) is 0 Å². The number of carbonyl (C=O) groups excluding carboxylic acids is 1. The predicted molar refractivity (Wildman–Crippen MR) is 83.9 cm³/mol. The minimum absolute atomic E-state index is 0.187. The van der Waals surface area contributed by atoms with Crippen LogP contribution in [-0.4, -0.2) is 34.9 Å². The Morgan fingerprint density at radius 3 is 2.81 bits per heavy atom. The summed E-state index contributed by atoms with van der Waals surface area (Å²) in [6.07, 6.45) is 3.90. The Morgan fingerprint density at radius 2 is 2.05 bits per heavy atom. The molecule has 0 atom stereocenters. The van der Waals surface area contributed by atoms with Gasteiger partial charge in [0, 0.05) is 44.2 Å². The number of aromatic nitrogens is 1. The quantitative estimate of drug-likeness (QED) is 0.940. The monoisotopic (exact) mass is 283 g/mol. The molecular weight excluding hydrogens is 262 g/mol. The van der Waals surface area contributed by atoms with Crippen LogP contribution in [-0.2, 0) is 11.3 Å². The van der Waals surface area contributed by atoms with Crippen LogP contribution in [0.25, 0.3) is 10.9 Å². The van der Waals surface area contributed by atoms with E-state index < -0.39 is 0 Å². The molecule has 0 aliphatic carbocycles. The Kier molecular flexibility index (Phi) is 4.15. The number of piperidine rings is 1. The molecule has 1 aromatic heterocycles. The third-order valence-corrected chi connectivity index (χ3v) is 4.24. The highest BCUT2D eigenvalue weighted by atomic mass is 16.2. The number of rotatable bonds is 3. The van der Waals surface area contributed by atoms with Crippen LogP contribution >= 0.6 is 0 Å². The number of carbonyl (C=O) groups is 1. The molecule has 2 heterocycles. The first kappa shape index (κ1) is 14.0. The topological polar surface area (TPSA) is 45.2 Å². The van der Waals surface area contributed by atoms with E-state index in [2.05, 4.69) is 34.6 Å². The largest absolute Gasteiger partial charge is 0.343 e. The molecule has 1 saturated heterocycles. The molecule has 1 aliphatic rings. The number of pyridine rings is 1. The fourth-order valence-electron chi connectivity index (χ4n) is 2.96. The minimum Gasteiger partial charge on any atom is -0.343 e. The van der Waals surface area contributed by atoms with Crippen LogP contribution < -0.4 is 5.32 Å². The maximum atomic E-state index is 11.3. The van der Waals surface area contributed by atoms with E-state index in [-0.39, 0.29) is 5.91 Å². The molecule has 4 nitrogen and oxygen atoms in total. The van der Waals surface area contributed by atoms with Crippen LogP contribution in [0.5, 0.6) is 0 Å². The summed E-state index contributed by atoms with van der Waals surface area (Å²) in [7, 11) is 0. The number of amides is 1. The zero-order valence-electron chi connectivity index (χ0n) is 12.4. The van der Waals surface area contributed by atoms with Crippen LogP contribution in [0.4, 0.5) is 0 Å². The third kappa shape index (κ3) is 3.22. The molecule has 2 aromatic rings. The molecule has 110 valence electrons. The predicted octanol–water partition coefficient (Wildman–Crippen LogP) is 2.34. The van der Waals surface area contributed by atoms with E-state index in [0.717, 1.165) is 38.0 Å². The molecule has 0 radical (unpaired) electrons. The summed E-state index contributed by atoms with van der Waals surface area (Å²) in [5, 5.41) is 4.80. The van der Waals surface area contributed by atoms with Gasteiger partial charge in [0.05, 0.1) is 5.52 Å². The van der Waals surface area contributed by atoms with E-state index in [0.29, 0.717) is 6.04 Å². The van der Waals surface area contributed by atoms with E-state index in [4.69, 9.17) is 0 Å². The second-order valence-corrected chi connectivity index (χ2v) is 5.65. The first-order chi connectivity index (χ1) is 10.2. The Bertz CT molecular complexity index is 627. The van der Waals surface area contributed by atoms with Gasteiger partial charge in [-0.1, -0.05) is 24.3 Å². The maximum absolute atomic E-state index is 11.3. The number of likely N-dealkylation sites (tertiary alicyclic amines) is 1. The van der Waals surface area contributed by atoms with Crippen molar-refractivity contribution in [2.24, 2.45) is 0 Å². The lowest BCUT2D eigenvalue weighted by Gasteiger charge is -2.31. The highest BCUT2D eigenvalue weighted by Gasteiger charge is 2.20. The van der Waals surface area contributed by atoms with Crippen molar-refractivity contribution in [1.29, 1.82) is 0 Å². The van der Waals surface area contributed by atoms with Crippen LogP contribution in [0.1, 0.15) is 25.3 Å². The molecule has 1 fully saturated rings. The van der Waals surface area contributed by atoms with Crippen LogP contribution in [0.2, 0.25) is 0 Å². The summed E-state index contributed by atoms with van der Waals surface area (Å²) in [4.78, 5) is 17.7. The van der Waals surface area contributed by atoms with Crippen LogP contribution in [0.3, 0.4) is 0 Å². The smallest absolute Gasteiger partial charge is 0.219 e. The minimum atomic E-state index is 0.187. The summed E-state index contributed by atoms with van der Waals surface area (Å²) in [5.74, 6) is 0.187. The fraction of sp³-hybridized carbons (Fsp3) is 0.412. The van der Waals surface area contributed by atoms with Crippen molar-refractivity contribution in [3.05, 3.63) is 42.1 Å². The lowest BCUT2D eigenvalue weighted by Crippen LogP contribution is -2.43. The molecule has 4 heteroatoms. The van der Waals surface area contributed by atoms with Crippen molar-refractivity contribution in [2.75, 3.05) is 13.1 Å². The number of nitrogens with one attached hydrogen (secondary N) is 1. The Balaban J connectivity index is 1.61. The Labute approximate surface area is 125 Å². The van der Waals surface area contributed by atoms with Gasteiger partial charge in [-0.3, -0.25) is 9.78 Å². The fourth-order valence-corrected chi connectivity index (χ4v) is 2.96. The van der Waals surface area contributed by atoms with E-state index in [1.165, 1.54) is 10.9 Å². The molecule has 1 aromatic carbocycles. The average molecular weight is 283 g/mol. The van der Waals surface area contributed by atoms with Crippen molar-refractivity contribution >= 4 is 16.8 Å². The molecule has 21 heavy (non-hydrogen) atoms. The van der Waals surface area contributed by atoms with Gasteiger partial charge in [-0.2, -0.15) is 0 Å². The number of nitrogens with zero attached hydrogens (tertiary/aromatic N) is 2. The molecule has 3 rings (SSSR count). The number of fused-ring (bicyclic) bond motifs is 1. The van der Waals surface area contributed by atoms with Gasteiger partial charge in [-0.25, -0.2) is 0 Å². The van der Waals surface area contributed by atoms with Gasteiger partial charge in [-0.05, 0) is 24.5 Å². The van der Waals surface area contributed by atoms with Crippen molar-refractivity contribution in [3.63, 3.8) is 0 Å². The standard InChI is InChI=1S/C17H21N3O/c1-13(21)20-10-7-16(8-11-20)19-12-15-5-2-4-14-6-3-9-18-17(14)15/h2-6,9,16,19H,7-8,10-12H2,1H3. The highest BCUT2D eigenvalue weighted by Crippen LogP contribution is 2.17. The van der Waals surface area contributed by atoms with Gasteiger partial charge in [0.15, 0.2) is 0 Å². The van der Waals surface area contributed by atoms with E-state index in [9.17, 15) is 4.79 Å². The molecule has 1 N–H and O–H groups in total. The van der Waals surface area contributed by atoms with Crippen molar-refractivity contribution < 1.29 is 4.79 Å². The number of para-hydroxylation sites is 1. The zero-order valence-corrected chi connectivity index (χ0v) is 12.4. The van der Waals surface area contributed by atoms with Crippen LogP contribution in [0.15, 0.2) is 36.5 Å². The van der Waals surface area contributed by atoms with Gasteiger partial charge in [0.1, 0.15) is 0 Å². The number of benzene rings is 1. The van der Waals surface area contributed by atoms with Crippen molar-refractivity contribution in [3.8, 4) is 0 Å². The summed E-state index contributed by atoms with van der Waals surface area (Å²) in [6, 6.07) is 10.9. The Morgan fingerprint density at radius 1 is 1.29 bits per heavy atom. The average Bonchev–Trinajstić information content (AvgIpc) is 2.53. The number of hydrogen-bond acceptors (Lipinski definition) is 3. The molecule has 0 spiro atoms. The van der Waals surface area contributed by atoms with Gasteiger partial charge < -0.3 is 10.2 Å². The normalized spacial score (nSPS) is 16.3. The SMILES string of the molecule is CC(=O)N1CCC(NCc2cccc3cccnc23)CC1. The summed E-state index contributed by atoms with van der Waals surface area (Å²) in [5.41, 5.74) is 2.32. The third-order valence-electron chi connectivity index (χ3n) is 4.24. The highest BCUT2D eigenvalue weighted by molar-refractivity contribution is 5.81. The van der Waals surface area contributed by atoms with E-state index >= 15 is 0 Å². The zero-order chi connectivity index (χ0) is 14.7. The molecule has 0 bridgehead atoms. The van der Waals surface area contributed by atoms with E-state index in [1.807, 2.05) is 17.2 Å². The first-order valence-electron chi connectivity index (χ1n) is 7.55. The lowest BCUT2D eigenvalue weighted by atomic mass is 10.0. The lowest BCUT2D eigenvalue weighted by molar-refractivity contribution is -0.129. The molecule has 1 aliphatic heterocycles. The second kappa shape index (κ2) is 6.22. The molecular formula is C17H21N3O. The van der Waals surface area contributed by atoms with Crippen LogP contribution in [0, 0.1) is 0 Å². The summed E-state index contributed by atoms with van der Waals surface area (Å²) in [6.45, 7) is 4.20. The van der Waals surface area contributed by atoms with E-state index in [1.54, 1.807) is 6.92 Å². The first-order valence-corrected chi connectivity index (χ1v) is 7.55. The summed E-state index contributed by atoms with van der Waals surface area (Å²) < 4.78 is 0. The van der Waals surface area contributed by atoms with Gasteiger partial charge in [0.2, 0.25) is 5.91 Å². The molecule has 1 amide bonds. The summed E-state index contributed by atoms with van der Waals surface area (Å²) >= 11 is 0. The van der Waals surface area contributed by atoms with Gasteiger partial charge >= 0.3 is 0 Å². The maximum Gasteiger partial charge on any atom is 0.219 e. The molecule has 0 saturated carbocycles. The van der Waals surface area contributed by atoms with Gasteiger partial charge in [0.25, 0.3) is 0 Å². The number of hydrogen-bond donors (Lipinski definition) is 1. The Hall–Kier alpha value is -1.94. The molecule has 0 unspecified atom stereocenters.